The number of benzene rings is 2. The van der Waals surface area contributed by atoms with Gasteiger partial charge in [0, 0.05) is 23.6 Å². The van der Waals surface area contributed by atoms with Gasteiger partial charge in [0.15, 0.2) is 0 Å². The Balaban J connectivity index is 1.42. The second-order valence-corrected chi connectivity index (χ2v) is 6.73. The number of nitrogens with one attached hydrogen (secondary N) is 2. The summed E-state index contributed by atoms with van der Waals surface area (Å²) in [6.45, 7) is 0.533. The number of aromatic amines is 1. The van der Waals surface area contributed by atoms with E-state index in [1.54, 1.807) is 13.2 Å². The van der Waals surface area contributed by atoms with Crippen molar-refractivity contribution in [3.63, 3.8) is 0 Å². The van der Waals surface area contributed by atoms with E-state index < -0.39 is 11.9 Å². The molecule has 2 aromatic carbocycles. The average molecular weight is 381 g/mol. The molecule has 28 heavy (non-hydrogen) atoms. The van der Waals surface area contributed by atoms with Gasteiger partial charge in [0.1, 0.15) is 11.6 Å². The standard InChI is InChI=1S/C21H20FN3O3/c1-28-16-5-6-18-17(10-16)13(12-24-18)7-8-23-19-11-20(26)25(21(19)27)15-4-2-3-14(22)9-15/h2-6,9-10,12,19,23-24H,7-8,11H2,1H3/t19-/m0/s1. The number of nitrogens with zero attached hydrogens (tertiary/aromatic N) is 1. The fraction of sp³-hybridized carbons (Fsp3) is 0.238. The van der Waals surface area contributed by atoms with Gasteiger partial charge in [0.2, 0.25) is 5.91 Å². The summed E-state index contributed by atoms with van der Waals surface area (Å²) in [6.07, 6.45) is 2.69. The Kier molecular flexibility index (Phi) is 4.83. The first-order chi connectivity index (χ1) is 13.6. The zero-order chi connectivity index (χ0) is 19.7. The number of ether oxygens (including phenoxy) is 1. The molecule has 0 saturated carbocycles. The van der Waals surface area contributed by atoms with Gasteiger partial charge in [0.05, 0.1) is 25.3 Å². The summed E-state index contributed by atoms with van der Waals surface area (Å²) < 4.78 is 18.7. The highest BCUT2D eigenvalue weighted by Crippen LogP contribution is 2.25. The lowest BCUT2D eigenvalue weighted by atomic mass is 10.1. The van der Waals surface area contributed by atoms with E-state index in [1.165, 1.54) is 18.2 Å². The van der Waals surface area contributed by atoms with Crippen LogP contribution in [0.4, 0.5) is 10.1 Å². The fourth-order valence-corrected chi connectivity index (χ4v) is 3.55. The number of anilines is 1. The van der Waals surface area contributed by atoms with E-state index in [2.05, 4.69) is 10.3 Å². The van der Waals surface area contributed by atoms with Crippen LogP contribution in [0.2, 0.25) is 0 Å². The van der Waals surface area contributed by atoms with Crippen LogP contribution >= 0.6 is 0 Å². The fourth-order valence-electron chi connectivity index (χ4n) is 3.55. The number of amides is 2. The molecular formula is C21H20FN3O3. The minimum atomic E-state index is -0.601. The number of fused-ring (bicyclic) bond motifs is 1. The lowest BCUT2D eigenvalue weighted by Gasteiger charge is -2.15. The SMILES string of the molecule is COc1ccc2[nH]cc(CCN[C@H]3CC(=O)N(c4cccc(F)c4)C3=O)c2c1. The van der Waals surface area contributed by atoms with E-state index in [0.717, 1.165) is 27.1 Å². The van der Waals surface area contributed by atoms with Gasteiger partial charge >= 0.3 is 0 Å². The summed E-state index contributed by atoms with van der Waals surface area (Å²) in [5.74, 6) is -0.381. The van der Waals surface area contributed by atoms with E-state index in [-0.39, 0.29) is 23.9 Å². The Morgan fingerprint density at radius 1 is 1.25 bits per heavy atom. The maximum atomic E-state index is 13.4. The van der Waals surface area contributed by atoms with Crippen molar-refractivity contribution < 1.29 is 18.7 Å². The van der Waals surface area contributed by atoms with Crippen molar-refractivity contribution >= 4 is 28.4 Å². The predicted octanol–water partition coefficient (Wildman–Crippen LogP) is 2.78. The molecule has 1 fully saturated rings. The number of hydrogen-bond donors (Lipinski definition) is 2. The molecule has 0 unspecified atom stereocenters. The molecule has 2 amide bonds. The minimum Gasteiger partial charge on any atom is -0.497 e. The summed E-state index contributed by atoms with van der Waals surface area (Å²) in [5.41, 5.74) is 2.38. The van der Waals surface area contributed by atoms with Crippen LogP contribution in [0.5, 0.6) is 5.75 Å². The number of carbonyl (C=O) groups excluding carboxylic acids is 2. The molecule has 0 bridgehead atoms. The van der Waals surface area contributed by atoms with Gasteiger partial charge in [-0.25, -0.2) is 9.29 Å². The summed E-state index contributed by atoms with van der Waals surface area (Å²) in [7, 11) is 1.63. The van der Waals surface area contributed by atoms with Crippen LogP contribution in [0.15, 0.2) is 48.7 Å². The molecule has 0 spiro atoms. The Labute approximate surface area is 161 Å². The molecule has 0 radical (unpaired) electrons. The molecule has 2 heterocycles. The minimum absolute atomic E-state index is 0.0665. The third-order valence-electron chi connectivity index (χ3n) is 4.97. The molecule has 2 N–H and O–H groups in total. The number of methoxy groups -OCH3 is 1. The van der Waals surface area contributed by atoms with Crippen molar-refractivity contribution in [1.29, 1.82) is 0 Å². The maximum Gasteiger partial charge on any atom is 0.251 e. The highest BCUT2D eigenvalue weighted by Gasteiger charge is 2.39. The Bertz CT molecular complexity index is 1050. The van der Waals surface area contributed by atoms with E-state index in [9.17, 15) is 14.0 Å². The van der Waals surface area contributed by atoms with Gasteiger partial charge in [-0.2, -0.15) is 0 Å². The zero-order valence-electron chi connectivity index (χ0n) is 15.4. The zero-order valence-corrected chi connectivity index (χ0v) is 15.4. The molecule has 1 aliphatic heterocycles. The van der Waals surface area contributed by atoms with Crippen LogP contribution in [0, 0.1) is 5.82 Å². The highest BCUT2D eigenvalue weighted by molar-refractivity contribution is 6.22. The quantitative estimate of drug-likeness (QED) is 0.644. The van der Waals surface area contributed by atoms with Crippen LogP contribution in [-0.4, -0.2) is 36.5 Å². The van der Waals surface area contributed by atoms with Gasteiger partial charge in [-0.05, 0) is 48.4 Å². The van der Waals surface area contributed by atoms with Gasteiger partial charge in [-0.15, -0.1) is 0 Å². The molecule has 1 aromatic heterocycles. The van der Waals surface area contributed by atoms with E-state index in [4.69, 9.17) is 4.74 Å². The molecule has 7 heteroatoms. The van der Waals surface area contributed by atoms with Crippen molar-refractivity contribution in [1.82, 2.24) is 10.3 Å². The first-order valence-corrected chi connectivity index (χ1v) is 9.06. The number of rotatable bonds is 6. The monoisotopic (exact) mass is 381 g/mol. The number of imide groups is 1. The number of hydrogen-bond acceptors (Lipinski definition) is 4. The van der Waals surface area contributed by atoms with Gasteiger partial charge in [-0.1, -0.05) is 6.07 Å². The Morgan fingerprint density at radius 2 is 2.11 bits per heavy atom. The highest BCUT2D eigenvalue weighted by atomic mass is 19.1. The Morgan fingerprint density at radius 3 is 2.89 bits per heavy atom. The summed E-state index contributed by atoms with van der Waals surface area (Å²) in [5, 5.41) is 4.22. The summed E-state index contributed by atoms with van der Waals surface area (Å²) >= 11 is 0. The van der Waals surface area contributed by atoms with Crippen LogP contribution < -0.4 is 15.0 Å². The molecular weight excluding hydrogens is 361 g/mol. The number of halogens is 1. The van der Waals surface area contributed by atoms with Gasteiger partial charge in [0.25, 0.3) is 5.91 Å². The second-order valence-electron chi connectivity index (χ2n) is 6.73. The van der Waals surface area contributed by atoms with Gasteiger partial charge in [-0.3, -0.25) is 9.59 Å². The predicted molar refractivity (Wildman–Crippen MR) is 104 cm³/mol. The third kappa shape index (κ3) is 3.36. The van der Waals surface area contributed by atoms with Crippen LogP contribution in [0.25, 0.3) is 10.9 Å². The molecule has 144 valence electrons. The van der Waals surface area contributed by atoms with Crippen molar-refractivity contribution in [3.8, 4) is 5.75 Å². The normalized spacial score (nSPS) is 16.9. The van der Waals surface area contributed by atoms with E-state index in [0.29, 0.717) is 13.0 Å². The van der Waals surface area contributed by atoms with Crippen molar-refractivity contribution in [2.45, 2.75) is 18.9 Å². The first-order valence-electron chi connectivity index (χ1n) is 9.06. The summed E-state index contributed by atoms with van der Waals surface area (Å²) in [4.78, 5) is 29.2. The van der Waals surface area contributed by atoms with Crippen LogP contribution in [-0.2, 0) is 16.0 Å². The van der Waals surface area contributed by atoms with Crippen LogP contribution in [0.3, 0.4) is 0 Å². The van der Waals surface area contributed by atoms with E-state index >= 15 is 0 Å². The Hall–Kier alpha value is -3.19. The second kappa shape index (κ2) is 7.44. The van der Waals surface area contributed by atoms with Crippen LogP contribution in [0.1, 0.15) is 12.0 Å². The van der Waals surface area contributed by atoms with Crippen molar-refractivity contribution in [3.05, 3.63) is 60.0 Å². The number of carbonyl (C=O) groups is 2. The molecule has 1 saturated heterocycles. The largest absolute Gasteiger partial charge is 0.497 e. The van der Waals surface area contributed by atoms with Crippen molar-refractivity contribution in [2.75, 3.05) is 18.6 Å². The molecule has 6 nitrogen and oxygen atoms in total. The maximum absolute atomic E-state index is 13.4. The molecule has 4 rings (SSSR count). The topological polar surface area (TPSA) is 74.4 Å². The lowest BCUT2D eigenvalue weighted by molar-refractivity contribution is -0.121. The molecule has 1 atom stereocenters. The number of H-pyrrole nitrogens is 1. The smallest absolute Gasteiger partial charge is 0.251 e. The number of aromatic nitrogens is 1. The molecule has 1 aliphatic rings. The van der Waals surface area contributed by atoms with E-state index in [1.807, 2.05) is 24.4 Å². The van der Waals surface area contributed by atoms with Crippen molar-refractivity contribution in [2.24, 2.45) is 0 Å². The van der Waals surface area contributed by atoms with Gasteiger partial charge < -0.3 is 15.0 Å². The molecule has 0 aliphatic carbocycles. The average Bonchev–Trinajstić information content (AvgIpc) is 3.21. The molecule has 3 aromatic rings. The lowest BCUT2D eigenvalue weighted by Crippen LogP contribution is -2.39. The third-order valence-corrected chi connectivity index (χ3v) is 4.97. The summed E-state index contributed by atoms with van der Waals surface area (Å²) in [6, 6.07) is 10.7. The first kappa shape index (κ1) is 18.2.